The van der Waals surface area contributed by atoms with Crippen molar-refractivity contribution >= 4 is 0 Å². The SMILES string of the molecule is NCC1COC(C2OCC(CN)O2)O1. The first kappa shape index (κ1) is 10.3. The van der Waals surface area contributed by atoms with Crippen molar-refractivity contribution in [3.05, 3.63) is 0 Å². The van der Waals surface area contributed by atoms with Crippen LogP contribution in [0.3, 0.4) is 0 Å². The highest BCUT2D eigenvalue weighted by molar-refractivity contribution is 4.73. The van der Waals surface area contributed by atoms with Crippen LogP contribution in [0.25, 0.3) is 0 Å². The first-order valence-corrected chi connectivity index (χ1v) is 4.77. The Bertz CT molecular complexity index is 172. The first-order valence-electron chi connectivity index (χ1n) is 4.77. The molecule has 0 radical (unpaired) electrons. The van der Waals surface area contributed by atoms with Gasteiger partial charge in [-0.15, -0.1) is 0 Å². The summed E-state index contributed by atoms with van der Waals surface area (Å²) in [6.45, 7) is 1.89. The molecule has 0 aromatic heterocycles. The molecule has 6 nitrogen and oxygen atoms in total. The third kappa shape index (κ3) is 2.05. The Morgan fingerprint density at radius 3 is 1.57 bits per heavy atom. The van der Waals surface area contributed by atoms with Gasteiger partial charge in [0.05, 0.1) is 25.4 Å². The zero-order chi connectivity index (χ0) is 9.97. The van der Waals surface area contributed by atoms with Crippen LogP contribution in [-0.2, 0) is 18.9 Å². The van der Waals surface area contributed by atoms with Gasteiger partial charge >= 0.3 is 0 Å². The maximum absolute atomic E-state index is 5.45. The van der Waals surface area contributed by atoms with E-state index < -0.39 is 12.6 Å². The van der Waals surface area contributed by atoms with Crippen LogP contribution in [0.15, 0.2) is 0 Å². The van der Waals surface area contributed by atoms with E-state index in [9.17, 15) is 0 Å². The zero-order valence-corrected chi connectivity index (χ0v) is 7.93. The lowest BCUT2D eigenvalue weighted by atomic mass is 10.4. The molecule has 2 aliphatic heterocycles. The van der Waals surface area contributed by atoms with E-state index >= 15 is 0 Å². The van der Waals surface area contributed by atoms with E-state index in [0.717, 1.165) is 0 Å². The lowest BCUT2D eigenvalue weighted by Crippen LogP contribution is -2.31. The fourth-order valence-corrected chi connectivity index (χ4v) is 1.47. The Morgan fingerprint density at radius 2 is 1.29 bits per heavy atom. The summed E-state index contributed by atoms with van der Waals surface area (Å²) in [5, 5.41) is 0. The second kappa shape index (κ2) is 4.52. The minimum Gasteiger partial charge on any atom is -0.345 e. The van der Waals surface area contributed by atoms with E-state index in [1.54, 1.807) is 0 Å². The van der Waals surface area contributed by atoms with Gasteiger partial charge in [0.25, 0.3) is 0 Å². The van der Waals surface area contributed by atoms with Crippen LogP contribution in [0.5, 0.6) is 0 Å². The van der Waals surface area contributed by atoms with Crippen LogP contribution in [0.2, 0.25) is 0 Å². The number of rotatable bonds is 3. The molecule has 4 atom stereocenters. The number of nitrogens with two attached hydrogens (primary N) is 2. The van der Waals surface area contributed by atoms with Gasteiger partial charge in [0.1, 0.15) is 0 Å². The van der Waals surface area contributed by atoms with Crippen LogP contribution in [-0.4, -0.2) is 51.1 Å². The highest BCUT2D eigenvalue weighted by atomic mass is 16.8. The van der Waals surface area contributed by atoms with Gasteiger partial charge in [-0.2, -0.15) is 0 Å². The molecule has 82 valence electrons. The molecule has 0 bridgehead atoms. The van der Waals surface area contributed by atoms with Crippen molar-refractivity contribution in [2.45, 2.75) is 24.8 Å². The van der Waals surface area contributed by atoms with Crippen molar-refractivity contribution in [2.75, 3.05) is 26.3 Å². The first-order chi connectivity index (χ1) is 6.83. The van der Waals surface area contributed by atoms with Gasteiger partial charge in [-0.25, -0.2) is 0 Å². The van der Waals surface area contributed by atoms with E-state index in [0.29, 0.717) is 26.3 Å². The van der Waals surface area contributed by atoms with E-state index in [4.69, 9.17) is 30.4 Å². The summed E-state index contributed by atoms with van der Waals surface area (Å²) < 4.78 is 21.6. The Morgan fingerprint density at radius 1 is 0.857 bits per heavy atom. The summed E-state index contributed by atoms with van der Waals surface area (Å²) >= 11 is 0. The summed E-state index contributed by atoms with van der Waals surface area (Å²) in [5.41, 5.74) is 10.9. The molecule has 0 spiro atoms. The molecule has 0 amide bonds. The molecule has 2 saturated heterocycles. The van der Waals surface area contributed by atoms with Crippen molar-refractivity contribution < 1.29 is 18.9 Å². The standard InChI is InChI=1S/C8H16N2O4/c9-1-5-3-11-7(13-5)8-12-4-6(2-10)14-8/h5-8H,1-4,9-10H2. The second-order valence-electron chi connectivity index (χ2n) is 3.39. The van der Waals surface area contributed by atoms with Crippen LogP contribution in [0.1, 0.15) is 0 Å². The highest BCUT2D eigenvalue weighted by Gasteiger charge is 2.38. The van der Waals surface area contributed by atoms with E-state index in [-0.39, 0.29) is 12.2 Å². The molecule has 14 heavy (non-hydrogen) atoms. The average Bonchev–Trinajstić information content (AvgIpc) is 2.86. The molecule has 2 fully saturated rings. The number of ether oxygens (including phenoxy) is 4. The van der Waals surface area contributed by atoms with Gasteiger partial charge in [-0.3, -0.25) is 0 Å². The van der Waals surface area contributed by atoms with Crippen LogP contribution in [0.4, 0.5) is 0 Å². The molecular formula is C8H16N2O4. The fourth-order valence-electron chi connectivity index (χ4n) is 1.47. The summed E-state index contributed by atoms with van der Waals surface area (Å²) in [6, 6.07) is 0. The summed E-state index contributed by atoms with van der Waals surface area (Å²) in [5.74, 6) is 0. The lowest BCUT2D eigenvalue weighted by Gasteiger charge is -2.16. The Balaban J connectivity index is 1.80. The lowest BCUT2D eigenvalue weighted by molar-refractivity contribution is -0.212. The van der Waals surface area contributed by atoms with E-state index in [2.05, 4.69) is 0 Å². The Hall–Kier alpha value is -0.240. The summed E-state index contributed by atoms with van der Waals surface area (Å²) in [7, 11) is 0. The van der Waals surface area contributed by atoms with Crippen molar-refractivity contribution in [3.63, 3.8) is 0 Å². The molecule has 6 heteroatoms. The van der Waals surface area contributed by atoms with Crippen molar-refractivity contribution in [1.82, 2.24) is 0 Å². The minimum atomic E-state index is -0.458. The third-order valence-electron chi connectivity index (χ3n) is 2.29. The zero-order valence-electron chi connectivity index (χ0n) is 7.93. The van der Waals surface area contributed by atoms with Crippen LogP contribution in [0, 0.1) is 0 Å². The fraction of sp³-hybridized carbons (Fsp3) is 1.00. The molecule has 0 aromatic carbocycles. The Labute approximate surface area is 82.4 Å². The topological polar surface area (TPSA) is 89.0 Å². The second-order valence-corrected chi connectivity index (χ2v) is 3.39. The van der Waals surface area contributed by atoms with Crippen molar-refractivity contribution in [3.8, 4) is 0 Å². The maximum atomic E-state index is 5.45. The summed E-state index contributed by atoms with van der Waals surface area (Å²) in [6.07, 6.45) is -1.02. The number of hydrogen-bond donors (Lipinski definition) is 2. The van der Waals surface area contributed by atoms with Gasteiger partial charge < -0.3 is 30.4 Å². The van der Waals surface area contributed by atoms with Gasteiger partial charge in [-0.1, -0.05) is 0 Å². The van der Waals surface area contributed by atoms with Crippen LogP contribution < -0.4 is 11.5 Å². The smallest absolute Gasteiger partial charge is 0.209 e. The minimum absolute atomic E-state index is 0.0517. The van der Waals surface area contributed by atoms with Gasteiger partial charge in [-0.05, 0) is 0 Å². The van der Waals surface area contributed by atoms with Crippen molar-refractivity contribution in [1.29, 1.82) is 0 Å². The van der Waals surface area contributed by atoms with Crippen LogP contribution >= 0.6 is 0 Å². The molecule has 0 saturated carbocycles. The molecule has 2 heterocycles. The monoisotopic (exact) mass is 204 g/mol. The molecular weight excluding hydrogens is 188 g/mol. The molecule has 0 aliphatic carbocycles. The largest absolute Gasteiger partial charge is 0.345 e. The summed E-state index contributed by atoms with van der Waals surface area (Å²) in [4.78, 5) is 0. The molecule has 2 aliphatic rings. The quantitative estimate of drug-likeness (QED) is 0.574. The predicted octanol–water partition coefficient (Wildman–Crippen LogP) is -1.61. The van der Waals surface area contributed by atoms with E-state index in [1.807, 2.05) is 0 Å². The molecule has 4 unspecified atom stereocenters. The van der Waals surface area contributed by atoms with Crippen molar-refractivity contribution in [2.24, 2.45) is 11.5 Å². The predicted molar refractivity (Wildman–Crippen MR) is 47.3 cm³/mol. The maximum Gasteiger partial charge on any atom is 0.209 e. The third-order valence-corrected chi connectivity index (χ3v) is 2.29. The molecule has 4 N–H and O–H groups in total. The van der Waals surface area contributed by atoms with Gasteiger partial charge in [0.2, 0.25) is 12.6 Å². The van der Waals surface area contributed by atoms with Gasteiger partial charge in [0, 0.05) is 13.1 Å². The van der Waals surface area contributed by atoms with E-state index in [1.165, 1.54) is 0 Å². The highest BCUT2D eigenvalue weighted by Crippen LogP contribution is 2.22. The average molecular weight is 204 g/mol. The Kier molecular flexibility index (Phi) is 3.32. The van der Waals surface area contributed by atoms with Gasteiger partial charge in [0.15, 0.2) is 0 Å². The molecule has 2 rings (SSSR count). The molecule has 0 aromatic rings. The normalized spacial score (nSPS) is 43.3. The number of hydrogen-bond acceptors (Lipinski definition) is 6.